The van der Waals surface area contributed by atoms with Gasteiger partial charge in [0.05, 0.1) is 12.3 Å². The van der Waals surface area contributed by atoms with Crippen molar-refractivity contribution in [1.29, 1.82) is 0 Å². The number of furan rings is 1. The Balaban J connectivity index is 0.000000190. The molecule has 2 heterocycles. The Bertz CT molecular complexity index is 2780. The van der Waals surface area contributed by atoms with E-state index in [4.69, 9.17) is 20.6 Å². The number of aryl methyl sites for hydroxylation is 1. The van der Waals surface area contributed by atoms with E-state index in [0.717, 1.165) is 56.3 Å². The van der Waals surface area contributed by atoms with Crippen LogP contribution >= 0.6 is 9.24 Å². The van der Waals surface area contributed by atoms with Gasteiger partial charge in [-0.3, -0.25) is 0 Å². The first-order valence-corrected chi connectivity index (χ1v) is 21.0. The number of nitrogens with two attached hydrogens (primary N) is 2. The Hall–Kier alpha value is -6.65. The summed E-state index contributed by atoms with van der Waals surface area (Å²) in [6, 6.07) is 44.5. The molecule has 2 atom stereocenters. The number of allylic oxidation sites excluding steroid dienone is 6. The Morgan fingerprint density at radius 3 is 2.10 bits per heavy atom. The number of hydrogen-bond donors (Lipinski definition) is 3. The van der Waals surface area contributed by atoms with E-state index in [1.54, 1.807) is 6.26 Å². The first-order valence-electron chi connectivity index (χ1n) is 19.9. The van der Waals surface area contributed by atoms with Crippen molar-refractivity contribution in [3.8, 4) is 39.1 Å². The van der Waals surface area contributed by atoms with Gasteiger partial charge in [0.1, 0.15) is 16.9 Å². The maximum atomic E-state index is 6.38. The molecule has 5 nitrogen and oxygen atoms in total. The zero-order valence-corrected chi connectivity index (χ0v) is 34.9. The highest BCUT2D eigenvalue weighted by Gasteiger charge is 2.18. The van der Waals surface area contributed by atoms with Crippen LogP contribution in [0.3, 0.4) is 0 Å². The standard InChI is InChI=1S/C33H27NO.C19H18N2O.CH5P/c1-3-22-12-17-25(20-29(22)27-8-4-6-10-31(27)34-2)23-13-15-24(16-14-23)26-18-19-33-30(21-26)28-9-5-7-11-32(28)35-33;1-13-7-4-5-12-22-19-14(13)9-6-10-16(19)18(21)15-8-2-3-11-17(15)20;1-2/h4-21,34H,3H2,1-2H3;2-12,17H,1,20-21H2;2H2,1H3/b;7-4-,12-5-,18-15-;. The lowest BCUT2D eigenvalue weighted by Crippen LogP contribution is -2.23. The second-order valence-electron chi connectivity index (χ2n) is 14.1. The molecule has 0 saturated carbocycles. The lowest BCUT2D eigenvalue weighted by molar-refractivity contribution is 0.478. The fourth-order valence-corrected chi connectivity index (χ4v) is 7.54. The molecule has 9 rings (SSSR count). The average Bonchev–Trinajstić information content (AvgIpc) is 3.67. The van der Waals surface area contributed by atoms with E-state index in [1.165, 1.54) is 38.9 Å². The fourth-order valence-electron chi connectivity index (χ4n) is 7.54. The van der Waals surface area contributed by atoms with Gasteiger partial charge in [-0.1, -0.05) is 148 Å². The van der Waals surface area contributed by atoms with Crippen LogP contribution in [0.2, 0.25) is 0 Å². The van der Waals surface area contributed by atoms with Crippen molar-refractivity contribution < 1.29 is 9.15 Å². The molecule has 294 valence electrons. The Kier molecular flexibility index (Phi) is 12.9. The van der Waals surface area contributed by atoms with E-state index in [2.05, 4.69) is 125 Å². The van der Waals surface area contributed by atoms with E-state index in [1.807, 2.05) is 86.6 Å². The topological polar surface area (TPSA) is 86.4 Å². The van der Waals surface area contributed by atoms with Crippen LogP contribution in [-0.2, 0) is 6.42 Å². The molecule has 59 heavy (non-hydrogen) atoms. The summed E-state index contributed by atoms with van der Waals surface area (Å²) >= 11 is 0. The second kappa shape index (κ2) is 18.7. The Morgan fingerprint density at radius 2 is 1.34 bits per heavy atom. The van der Waals surface area contributed by atoms with E-state index in [9.17, 15) is 0 Å². The number of rotatable bonds is 6. The molecule has 1 aliphatic carbocycles. The number of ether oxygens (including phenoxy) is 1. The van der Waals surface area contributed by atoms with Crippen LogP contribution in [0.1, 0.15) is 23.6 Å². The first-order chi connectivity index (χ1) is 28.9. The van der Waals surface area contributed by atoms with Crippen molar-refractivity contribution >= 4 is 48.1 Å². The lowest BCUT2D eigenvalue weighted by Gasteiger charge is -2.19. The molecule has 2 aliphatic rings. The number of benzene rings is 6. The summed E-state index contributed by atoms with van der Waals surface area (Å²) in [6.45, 7) is 8.21. The van der Waals surface area contributed by atoms with Gasteiger partial charge < -0.3 is 25.9 Å². The molecular weight excluding hydrogens is 742 g/mol. The fraction of sp³-hybridized carbons (Fsp3) is 0.0943. The molecule has 0 spiro atoms. The van der Waals surface area contributed by atoms with Crippen LogP contribution in [0.4, 0.5) is 5.69 Å². The highest BCUT2D eigenvalue weighted by molar-refractivity contribution is 7.15. The minimum absolute atomic E-state index is 0.215. The molecule has 6 aromatic carbocycles. The SMILES string of the molecule is C=C1/C=C\C=C/Oc2c1cccc2/C(N)=C1\C=CC=CC1N.CCc1ccc(-c2ccc(-c3ccc4oc5ccccc5c4c3)cc2)cc1-c1ccccc1NC.CP. The van der Waals surface area contributed by atoms with Crippen LogP contribution in [0.15, 0.2) is 193 Å². The van der Waals surface area contributed by atoms with Gasteiger partial charge in [-0.15, -0.1) is 9.24 Å². The molecule has 0 saturated heterocycles. The van der Waals surface area contributed by atoms with E-state index >= 15 is 0 Å². The first kappa shape index (κ1) is 40.5. The van der Waals surface area contributed by atoms with Crippen LogP contribution in [0.5, 0.6) is 5.75 Å². The van der Waals surface area contributed by atoms with Gasteiger partial charge in [0, 0.05) is 45.9 Å². The molecule has 7 aromatic rings. The van der Waals surface area contributed by atoms with Crippen molar-refractivity contribution in [2.75, 3.05) is 19.0 Å². The molecule has 6 heteroatoms. The molecule has 0 radical (unpaired) electrons. The minimum atomic E-state index is -0.215. The van der Waals surface area contributed by atoms with Gasteiger partial charge >= 0.3 is 0 Å². The number of nitrogens with one attached hydrogen (secondary N) is 1. The van der Waals surface area contributed by atoms with Crippen LogP contribution < -0.4 is 21.5 Å². The Morgan fingerprint density at radius 1 is 0.678 bits per heavy atom. The van der Waals surface area contributed by atoms with Crippen LogP contribution in [-0.4, -0.2) is 19.8 Å². The van der Waals surface area contributed by atoms with Crippen molar-refractivity contribution in [2.24, 2.45) is 11.5 Å². The summed E-state index contributed by atoms with van der Waals surface area (Å²) in [5.41, 5.74) is 28.4. The summed E-state index contributed by atoms with van der Waals surface area (Å²) in [4.78, 5) is 0. The van der Waals surface area contributed by atoms with Gasteiger partial charge in [-0.05, 0) is 93.4 Å². The molecule has 1 aliphatic heterocycles. The molecular formula is C53H50N3O2P. The molecule has 5 N–H and O–H groups in total. The molecule has 1 aromatic heterocycles. The monoisotopic (exact) mass is 791 g/mol. The summed E-state index contributed by atoms with van der Waals surface area (Å²) in [6.07, 6.45) is 16.0. The maximum absolute atomic E-state index is 6.38. The van der Waals surface area contributed by atoms with E-state index in [-0.39, 0.29) is 6.04 Å². The zero-order valence-electron chi connectivity index (χ0n) is 33.8. The third-order valence-electron chi connectivity index (χ3n) is 10.6. The molecule has 0 amide bonds. The van der Waals surface area contributed by atoms with Gasteiger partial charge in [0.2, 0.25) is 0 Å². The number of anilines is 1. The van der Waals surface area contributed by atoms with Gasteiger partial charge in [-0.2, -0.15) is 0 Å². The summed E-state index contributed by atoms with van der Waals surface area (Å²) in [5.74, 6) is 0.702. The summed E-state index contributed by atoms with van der Waals surface area (Å²) in [7, 11) is 4.40. The van der Waals surface area contributed by atoms with Crippen molar-refractivity contribution in [1.82, 2.24) is 0 Å². The second-order valence-corrected chi connectivity index (χ2v) is 14.1. The maximum Gasteiger partial charge on any atom is 0.143 e. The lowest BCUT2D eigenvalue weighted by atomic mass is 9.92. The highest BCUT2D eigenvalue weighted by Crippen LogP contribution is 2.38. The predicted octanol–water partition coefficient (Wildman–Crippen LogP) is 13.0. The van der Waals surface area contributed by atoms with Crippen molar-refractivity contribution in [2.45, 2.75) is 19.4 Å². The normalized spacial score (nSPS) is 16.0. The third-order valence-corrected chi connectivity index (χ3v) is 10.6. The number of fused-ring (bicyclic) bond motifs is 4. The van der Waals surface area contributed by atoms with E-state index < -0.39 is 0 Å². The van der Waals surface area contributed by atoms with Crippen molar-refractivity contribution in [3.05, 3.63) is 205 Å². The van der Waals surface area contributed by atoms with E-state index in [0.29, 0.717) is 11.4 Å². The molecule has 2 unspecified atom stereocenters. The van der Waals surface area contributed by atoms with Gasteiger partial charge in [-0.25, -0.2) is 0 Å². The smallest absolute Gasteiger partial charge is 0.143 e. The van der Waals surface area contributed by atoms with Gasteiger partial charge in [0.25, 0.3) is 0 Å². The largest absolute Gasteiger partial charge is 0.464 e. The summed E-state index contributed by atoms with van der Waals surface area (Å²) in [5, 5.41) is 5.66. The molecule has 0 bridgehead atoms. The third kappa shape index (κ3) is 8.63. The average molecular weight is 792 g/mol. The van der Waals surface area contributed by atoms with Crippen LogP contribution in [0.25, 0.3) is 66.6 Å². The zero-order chi connectivity index (χ0) is 41.3. The number of hydrogen-bond acceptors (Lipinski definition) is 5. The highest BCUT2D eigenvalue weighted by atomic mass is 31.0. The van der Waals surface area contributed by atoms with Gasteiger partial charge in [0.15, 0.2) is 0 Å². The van der Waals surface area contributed by atoms with Crippen molar-refractivity contribution in [3.63, 3.8) is 0 Å². The predicted molar refractivity (Wildman–Crippen MR) is 256 cm³/mol. The minimum Gasteiger partial charge on any atom is -0.464 e. The Labute approximate surface area is 350 Å². The molecule has 0 fully saturated rings. The summed E-state index contributed by atoms with van der Waals surface area (Å²) < 4.78 is 11.8. The quantitative estimate of drug-likeness (QED) is 0.146. The van der Waals surface area contributed by atoms with Crippen LogP contribution in [0, 0.1) is 0 Å². The number of para-hydroxylation sites is 3.